The fraction of sp³-hybridized carbons (Fsp3) is 0.167. The molecule has 20 heavy (non-hydrogen) atoms. The lowest BCUT2D eigenvalue weighted by Crippen LogP contribution is -2.47. The van der Waals surface area contributed by atoms with Crippen LogP contribution in [0.5, 0.6) is 11.5 Å². The van der Waals surface area contributed by atoms with Crippen molar-refractivity contribution in [1.29, 1.82) is 0 Å². The highest BCUT2D eigenvalue weighted by molar-refractivity contribution is 9.30. The Balaban J connectivity index is 2.74. The van der Waals surface area contributed by atoms with Crippen LogP contribution < -0.4 is 9.47 Å². The van der Waals surface area contributed by atoms with Gasteiger partial charge in [0.2, 0.25) is 0 Å². The van der Waals surface area contributed by atoms with Crippen LogP contribution in [0.15, 0.2) is 45.3 Å². The van der Waals surface area contributed by atoms with Crippen molar-refractivity contribution in [3.63, 3.8) is 0 Å². The third kappa shape index (κ3) is 3.74. The minimum Gasteiger partial charge on any atom is -0.456 e. The molecular weight excluding hydrogens is 656 g/mol. The lowest BCUT2D eigenvalue weighted by Gasteiger charge is -2.39. The molecule has 0 aliphatic carbocycles. The van der Waals surface area contributed by atoms with Crippen LogP contribution in [0.4, 0.5) is 0 Å². The van der Waals surface area contributed by atoms with Gasteiger partial charge in [-0.1, -0.05) is 24.3 Å². The number of hydrogen-bond donors (Lipinski definition) is 0. The first-order valence-corrected chi connectivity index (χ1v) is 9.95. The van der Waals surface area contributed by atoms with E-state index in [0.29, 0.717) is 11.5 Å². The van der Waals surface area contributed by atoms with Crippen molar-refractivity contribution in [3.05, 3.63) is 45.3 Å². The Bertz CT molecular complexity index is 586. The first-order chi connectivity index (χ1) is 9.24. The molecule has 1 aromatic rings. The van der Waals surface area contributed by atoms with E-state index >= 15 is 0 Å². The van der Waals surface area contributed by atoms with Crippen LogP contribution in [0, 0.1) is 0 Å². The molecule has 0 atom stereocenters. The summed E-state index contributed by atoms with van der Waals surface area (Å²) < 4.78 is 11.5. The topological polar surface area (TPSA) is 18.5 Å². The van der Waals surface area contributed by atoms with E-state index in [1.54, 1.807) is 0 Å². The second kappa shape index (κ2) is 6.74. The molecule has 0 radical (unpaired) electrons. The smallest absolute Gasteiger partial charge is 0.277 e. The lowest BCUT2D eigenvalue weighted by atomic mass is 10.3. The summed E-state index contributed by atoms with van der Waals surface area (Å²) in [5.41, 5.74) is 0. The molecule has 8 heteroatoms. The van der Waals surface area contributed by atoms with Crippen molar-refractivity contribution in [1.82, 2.24) is 0 Å². The predicted molar refractivity (Wildman–Crippen MR) is 102 cm³/mol. The van der Waals surface area contributed by atoms with Crippen LogP contribution in [0.3, 0.4) is 0 Å². The molecule has 0 saturated carbocycles. The quantitative estimate of drug-likeness (QED) is 0.279. The van der Waals surface area contributed by atoms with Gasteiger partial charge in [0.15, 0.2) is 11.5 Å². The summed E-state index contributed by atoms with van der Waals surface area (Å²) in [6, 6.07) is 11.3. The van der Waals surface area contributed by atoms with Crippen molar-refractivity contribution in [2.45, 2.75) is 6.84 Å². The van der Waals surface area contributed by atoms with E-state index < -0.39 is 6.84 Å². The van der Waals surface area contributed by atoms with Gasteiger partial charge in [0.25, 0.3) is 6.84 Å². The van der Waals surface area contributed by atoms with Crippen LogP contribution in [-0.4, -0.2) is 6.84 Å². The lowest BCUT2D eigenvalue weighted by molar-refractivity contribution is 0.101. The van der Waals surface area contributed by atoms with Gasteiger partial charge in [0.05, 0.1) is 4.47 Å². The number of alkyl halides is 4. The van der Waals surface area contributed by atoms with Crippen molar-refractivity contribution < 1.29 is 9.47 Å². The molecule has 0 spiro atoms. The number of ether oxygens (including phenoxy) is 2. The Morgan fingerprint density at radius 3 is 1.95 bits per heavy atom. The maximum Gasteiger partial charge on any atom is 0.277 e. The average Bonchev–Trinajstić information content (AvgIpc) is 2.35. The molecule has 0 fully saturated rings. The summed E-state index contributed by atoms with van der Waals surface area (Å²) in [5, 5.41) is 0. The van der Waals surface area contributed by atoms with Crippen LogP contribution in [0.2, 0.25) is 0 Å². The minimum atomic E-state index is -0.977. The number of rotatable bonds is 0. The molecule has 0 amide bonds. The summed E-state index contributed by atoms with van der Waals surface area (Å²) in [5.74, 6) is 1.12. The van der Waals surface area contributed by atoms with Crippen LogP contribution >= 0.6 is 95.6 Å². The highest BCUT2D eigenvalue weighted by Crippen LogP contribution is 2.57. The van der Waals surface area contributed by atoms with E-state index in [1.807, 2.05) is 36.4 Å². The SMILES string of the molecule is Brc1ccccccc2c(c1Br)OC(Br)(Br)C(Br)(Br)O2. The van der Waals surface area contributed by atoms with Crippen molar-refractivity contribution in [3.8, 4) is 11.5 Å². The Hall–Kier alpha value is 1.18. The van der Waals surface area contributed by atoms with E-state index in [2.05, 4.69) is 95.6 Å². The zero-order valence-electron chi connectivity index (χ0n) is 9.55. The molecule has 0 N–H and O–H groups in total. The first-order valence-electron chi connectivity index (χ1n) is 5.19. The van der Waals surface area contributed by atoms with Gasteiger partial charge in [-0.15, -0.1) is 0 Å². The fourth-order valence-electron chi connectivity index (χ4n) is 1.34. The molecule has 0 saturated heterocycles. The Morgan fingerprint density at radius 1 is 0.750 bits per heavy atom. The number of fused-ring (bicyclic) bond motifs is 1. The first kappa shape index (κ1) is 17.5. The summed E-state index contributed by atoms with van der Waals surface area (Å²) in [6.45, 7) is 0. The highest BCUT2D eigenvalue weighted by Gasteiger charge is 2.54. The Labute approximate surface area is 167 Å². The van der Waals surface area contributed by atoms with Gasteiger partial charge in [0.1, 0.15) is 0 Å². The normalized spacial score (nSPS) is 18.1. The number of hydrogen-bond acceptors (Lipinski definition) is 2. The predicted octanol–water partition coefficient (Wildman–Crippen LogP) is 6.99. The third-order valence-electron chi connectivity index (χ3n) is 2.26. The minimum absolute atomic E-state index is 0.552. The van der Waals surface area contributed by atoms with Gasteiger partial charge in [-0.05, 0) is 108 Å². The molecule has 0 bridgehead atoms. The molecule has 108 valence electrons. The zero-order valence-corrected chi connectivity index (χ0v) is 19.1. The highest BCUT2D eigenvalue weighted by atomic mass is 79.9. The molecule has 0 aromatic heterocycles. The van der Waals surface area contributed by atoms with Crippen molar-refractivity contribution in [2.24, 2.45) is 0 Å². The number of halogens is 6. The van der Waals surface area contributed by atoms with Crippen molar-refractivity contribution in [2.75, 3.05) is 0 Å². The summed E-state index contributed by atoms with van der Waals surface area (Å²) >= 11 is 20.7. The summed E-state index contributed by atoms with van der Waals surface area (Å²) in [6.07, 6.45) is 0. The van der Waals surface area contributed by atoms with Gasteiger partial charge in [-0.25, -0.2) is 0 Å². The molecule has 1 heterocycles. The maximum atomic E-state index is 5.96. The Kier molecular flexibility index (Phi) is 5.91. The van der Waals surface area contributed by atoms with E-state index in [1.165, 1.54) is 0 Å². The fourth-order valence-corrected chi connectivity index (χ4v) is 3.07. The van der Waals surface area contributed by atoms with E-state index in [0.717, 1.165) is 8.95 Å². The monoisotopic (exact) mass is 656 g/mol. The summed E-state index contributed by atoms with van der Waals surface area (Å²) in [7, 11) is 0. The standard InChI is InChI=1S/C12H6Br6O2/c13-7-5-3-1-2-4-6-8-10(9(7)14)20-12(17,18)11(15,16)19-8/h1-6H. The van der Waals surface area contributed by atoms with E-state index in [-0.39, 0.29) is 0 Å². The molecule has 1 aliphatic rings. The van der Waals surface area contributed by atoms with Gasteiger partial charge < -0.3 is 9.47 Å². The molecule has 1 aliphatic heterocycles. The molecule has 0 unspecified atom stereocenters. The zero-order chi connectivity index (χ0) is 15.0. The van der Waals surface area contributed by atoms with Crippen molar-refractivity contribution >= 4 is 95.6 Å². The third-order valence-corrected chi connectivity index (χ3v) is 9.25. The molecule has 2 nitrogen and oxygen atoms in total. The van der Waals surface area contributed by atoms with Crippen LogP contribution in [-0.2, 0) is 0 Å². The van der Waals surface area contributed by atoms with Crippen LogP contribution in [0.25, 0.3) is 0 Å². The maximum absolute atomic E-state index is 5.96. The van der Waals surface area contributed by atoms with Gasteiger partial charge in [-0.3, -0.25) is 0 Å². The molecule has 2 rings (SSSR count). The van der Waals surface area contributed by atoms with E-state index in [9.17, 15) is 0 Å². The van der Waals surface area contributed by atoms with E-state index in [4.69, 9.17) is 9.47 Å². The second-order valence-electron chi connectivity index (χ2n) is 3.70. The average molecular weight is 662 g/mol. The second-order valence-corrected chi connectivity index (χ2v) is 11.9. The molecule has 1 aromatic carbocycles. The largest absolute Gasteiger partial charge is 0.456 e. The van der Waals surface area contributed by atoms with Crippen LogP contribution in [0.1, 0.15) is 0 Å². The Morgan fingerprint density at radius 2 is 1.30 bits per heavy atom. The van der Waals surface area contributed by atoms with Gasteiger partial charge in [-0.2, -0.15) is 0 Å². The molecular formula is C12H6Br6O2. The van der Waals surface area contributed by atoms with Gasteiger partial charge in [0, 0.05) is 4.47 Å². The summed E-state index contributed by atoms with van der Waals surface area (Å²) in [4.78, 5) is 0. The van der Waals surface area contributed by atoms with Gasteiger partial charge >= 0.3 is 0 Å².